The summed E-state index contributed by atoms with van der Waals surface area (Å²) in [6, 6.07) is 21.5. The van der Waals surface area contributed by atoms with Crippen molar-refractivity contribution in [3.8, 4) is 5.75 Å². The summed E-state index contributed by atoms with van der Waals surface area (Å²) in [7, 11) is 0. The highest BCUT2D eigenvalue weighted by atomic mass is 16.3. The Labute approximate surface area is 146 Å². The molecule has 0 aromatic heterocycles. The number of rotatable bonds is 1. The zero-order valence-electron chi connectivity index (χ0n) is 13.8. The Balaban J connectivity index is 1.89. The summed E-state index contributed by atoms with van der Waals surface area (Å²) in [6.07, 6.45) is 8.67. The monoisotopic (exact) mass is 321 g/mol. The van der Waals surface area contributed by atoms with Crippen LogP contribution in [0.15, 0.2) is 66.7 Å². The Morgan fingerprint density at radius 1 is 0.840 bits per heavy atom. The van der Waals surface area contributed by atoms with Gasteiger partial charge in [0.25, 0.3) is 0 Å². The van der Waals surface area contributed by atoms with E-state index < -0.39 is 0 Å². The van der Waals surface area contributed by atoms with Crippen LogP contribution in [0.4, 0.5) is 0 Å². The van der Waals surface area contributed by atoms with Crippen molar-refractivity contribution < 1.29 is 5.11 Å². The third-order valence-electron chi connectivity index (χ3n) is 5.20. The fourth-order valence-corrected chi connectivity index (χ4v) is 4.05. The predicted octanol–water partition coefficient (Wildman–Crippen LogP) is 3.13. The predicted molar refractivity (Wildman–Crippen MR) is 100 cm³/mol. The molecule has 0 fully saturated rings. The highest BCUT2D eigenvalue weighted by Crippen LogP contribution is 2.23. The minimum atomic E-state index is 0.186. The van der Waals surface area contributed by atoms with Gasteiger partial charge in [-0.05, 0) is 68.1 Å². The highest BCUT2D eigenvalue weighted by Gasteiger charge is 2.13. The van der Waals surface area contributed by atoms with Crippen molar-refractivity contribution in [1.29, 1.82) is 0 Å². The summed E-state index contributed by atoms with van der Waals surface area (Å²) in [5.41, 5.74) is 5.05. The van der Waals surface area contributed by atoms with Gasteiger partial charge in [0.05, 0.1) is 0 Å². The molecule has 25 heavy (non-hydrogen) atoms. The lowest BCUT2D eigenvalue weighted by molar-refractivity contribution is 0.474. The average Bonchev–Trinajstić information content (AvgIpc) is 2.67. The Bertz CT molecular complexity index is 1250. The van der Waals surface area contributed by atoms with Gasteiger partial charge in [-0.1, -0.05) is 60.7 Å². The van der Waals surface area contributed by atoms with E-state index >= 15 is 0 Å². The van der Waals surface area contributed by atoms with Crippen LogP contribution < -0.4 is 10.4 Å². The lowest BCUT2D eigenvalue weighted by Crippen LogP contribution is -2.21. The molecule has 0 unspecified atom stereocenters. The van der Waals surface area contributed by atoms with Crippen LogP contribution in [-0.4, -0.2) is 5.11 Å². The molecule has 2 aliphatic rings. The molecule has 1 N–H and O–H groups in total. The van der Waals surface area contributed by atoms with Gasteiger partial charge in [-0.15, -0.1) is 0 Å². The second-order valence-corrected chi connectivity index (χ2v) is 6.60. The summed E-state index contributed by atoms with van der Waals surface area (Å²) in [6.45, 7) is 0. The Morgan fingerprint density at radius 3 is 2.60 bits per heavy atom. The third-order valence-corrected chi connectivity index (χ3v) is 5.20. The zero-order chi connectivity index (χ0) is 16.8. The lowest BCUT2D eigenvalue weighted by Gasteiger charge is -2.17. The van der Waals surface area contributed by atoms with E-state index in [1.54, 1.807) is 12.1 Å². The standard InChI is InChI=1S/C24H17O/c25-18-7-3-6-17(15-18)20-9-4-10-21-23(20)14-13-22-19-8-2-1-5-16(19)11-12-24(21)22/h1-6,8-9,11,13-15,25H,10,12H2. The van der Waals surface area contributed by atoms with Crippen molar-refractivity contribution in [2.75, 3.05) is 0 Å². The van der Waals surface area contributed by atoms with Gasteiger partial charge in [-0.3, -0.25) is 0 Å². The molecule has 0 atom stereocenters. The summed E-state index contributed by atoms with van der Waals surface area (Å²) in [5, 5.41) is 15.1. The molecule has 0 amide bonds. The number of hydrogen-bond donors (Lipinski definition) is 1. The number of allylic oxidation sites excluding steroid dienone is 2. The van der Waals surface area contributed by atoms with E-state index in [9.17, 15) is 5.11 Å². The minimum absolute atomic E-state index is 0.186. The Hall–Kier alpha value is -3.06. The highest BCUT2D eigenvalue weighted by molar-refractivity contribution is 5.76. The molecular weight excluding hydrogens is 304 g/mol. The quantitative estimate of drug-likeness (QED) is 0.730. The van der Waals surface area contributed by atoms with Gasteiger partial charge in [-0.2, -0.15) is 0 Å². The first kappa shape index (κ1) is 14.3. The Morgan fingerprint density at radius 2 is 1.68 bits per heavy atom. The van der Waals surface area contributed by atoms with Crippen molar-refractivity contribution in [2.45, 2.75) is 12.8 Å². The normalized spacial score (nSPS) is 14.3. The van der Waals surface area contributed by atoms with Crippen LogP contribution in [0.25, 0.3) is 11.6 Å². The van der Waals surface area contributed by atoms with Gasteiger partial charge in [0, 0.05) is 6.07 Å². The maximum atomic E-state index is 9.80. The molecule has 1 radical (unpaired) electrons. The largest absolute Gasteiger partial charge is 0.507 e. The van der Waals surface area contributed by atoms with E-state index in [-0.39, 0.29) is 5.75 Å². The van der Waals surface area contributed by atoms with E-state index in [1.165, 1.54) is 37.6 Å². The molecular formula is C24H17O. The van der Waals surface area contributed by atoms with Gasteiger partial charge in [0.1, 0.15) is 5.75 Å². The molecule has 3 aromatic carbocycles. The van der Waals surface area contributed by atoms with Crippen LogP contribution in [0.3, 0.4) is 0 Å². The number of fused-ring (bicyclic) bond motifs is 4. The summed E-state index contributed by atoms with van der Waals surface area (Å²) in [5.74, 6) is 0.186. The van der Waals surface area contributed by atoms with E-state index in [4.69, 9.17) is 0 Å². The van der Waals surface area contributed by atoms with E-state index in [0.717, 1.165) is 18.4 Å². The van der Waals surface area contributed by atoms with E-state index in [0.29, 0.717) is 0 Å². The van der Waals surface area contributed by atoms with E-state index in [2.05, 4.69) is 60.7 Å². The van der Waals surface area contributed by atoms with Gasteiger partial charge in [0.2, 0.25) is 0 Å². The molecule has 119 valence electrons. The first-order chi connectivity index (χ1) is 12.3. The van der Waals surface area contributed by atoms with Gasteiger partial charge < -0.3 is 5.11 Å². The van der Waals surface area contributed by atoms with Crippen LogP contribution in [-0.2, 0) is 12.8 Å². The summed E-state index contributed by atoms with van der Waals surface area (Å²) < 4.78 is 0. The number of benzene rings is 3. The van der Waals surface area contributed by atoms with Gasteiger partial charge in [0.15, 0.2) is 0 Å². The van der Waals surface area contributed by atoms with Crippen LogP contribution in [0.1, 0.15) is 16.7 Å². The fraction of sp³-hybridized carbons (Fsp3) is 0.0833. The molecule has 0 bridgehead atoms. The first-order valence-corrected chi connectivity index (χ1v) is 8.63. The molecule has 1 nitrogen and oxygen atoms in total. The molecule has 3 aromatic rings. The molecule has 1 heteroatoms. The fourth-order valence-electron chi connectivity index (χ4n) is 4.05. The zero-order valence-corrected chi connectivity index (χ0v) is 13.8. The van der Waals surface area contributed by atoms with Crippen molar-refractivity contribution >= 4 is 11.6 Å². The van der Waals surface area contributed by atoms with Crippen LogP contribution in [0, 0.1) is 16.5 Å². The second kappa shape index (κ2) is 5.49. The third kappa shape index (κ3) is 2.24. The van der Waals surface area contributed by atoms with Crippen LogP contribution in [0.2, 0.25) is 0 Å². The maximum Gasteiger partial charge on any atom is 0.124 e. The second-order valence-electron chi connectivity index (χ2n) is 6.60. The SMILES string of the molecule is Oc1[c]ccc(C2=c3ccc4c(c3CC=C2)CC=c2ccccc2=4)c1. The minimum Gasteiger partial charge on any atom is -0.507 e. The number of phenolic OH excluding ortho intramolecular Hbond substituents is 1. The van der Waals surface area contributed by atoms with Gasteiger partial charge >= 0.3 is 0 Å². The van der Waals surface area contributed by atoms with Crippen molar-refractivity contribution in [3.05, 3.63) is 110 Å². The van der Waals surface area contributed by atoms with Gasteiger partial charge in [-0.25, -0.2) is 0 Å². The number of hydrogen-bond acceptors (Lipinski definition) is 1. The molecule has 0 spiro atoms. The molecule has 5 rings (SSSR count). The molecule has 2 aliphatic carbocycles. The van der Waals surface area contributed by atoms with Crippen molar-refractivity contribution in [1.82, 2.24) is 0 Å². The maximum absolute atomic E-state index is 9.80. The summed E-state index contributed by atoms with van der Waals surface area (Å²) >= 11 is 0. The Kier molecular flexibility index (Phi) is 3.14. The van der Waals surface area contributed by atoms with Crippen molar-refractivity contribution in [2.24, 2.45) is 0 Å². The summed E-state index contributed by atoms with van der Waals surface area (Å²) in [4.78, 5) is 0. The number of phenols is 1. The van der Waals surface area contributed by atoms with E-state index in [1.807, 2.05) is 6.07 Å². The van der Waals surface area contributed by atoms with Crippen molar-refractivity contribution in [3.63, 3.8) is 0 Å². The topological polar surface area (TPSA) is 20.2 Å². The smallest absolute Gasteiger partial charge is 0.124 e. The molecule has 0 saturated heterocycles. The molecule has 0 heterocycles. The molecule has 0 aliphatic heterocycles. The number of aromatic hydroxyl groups is 1. The molecule has 0 saturated carbocycles. The average molecular weight is 321 g/mol. The lowest BCUT2D eigenvalue weighted by atomic mass is 9.87. The van der Waals surface area contributed by atoms with Crippen LogP contribution in [0.5, 0.6) is 5.75 Å². The first-order valence-electron chi connectivity index (χ1n) is 8.63. The van der Waals surface area contributed by atoms with Crippen LogP contribution >= 0.6 is 0 Å².